The van der Waals surface area contributed by atoms with E-state index in [1.54, 1.807) is 0 Å². The number of aromatic nitrogens is 1. The minimum Gasteiger partial charge on any atom is -0.248 e. The van der Waals surface area contributed by atoms with Crippen molar-refractivity contribution >= 4 is 0 Å². The number of rotatable bonds is 9. The van der Waals surface area contributed by atoms with Crippen LogP contribution in [0.25, 0.3) is 0 Å². The van der Waals surface area contributed by atoms with E-state index in [9.17, 15) is 0 Å². The van der Waals surface area contributed by atoms with E-state index in [-0.39, 0.29) is 0 Å². The summed E-state index contributed by atoms with van der Waals surface area (Å²) in [4.78, 5) is 4.26. The fraction of sp³-hybridized carbons (Fsp3) is 0.667. The lowest BCUT2D eigenvalue weighted by atomic mass is 9.89. The van der Waals surface area contributed by atoms with Crippen LogP contribution in [0, 0.1) is 17.3 Å². The van der Waals surface area contributed by atoms with Crippen molar-refractivity contribution in [3.8, 4) is 11.8 Å². The van der Waals surface area contributed by atoms with Crippen molar-refractivity contribution in [3.63, 3.8) is 0 Å². The van der Waals surface area contributed by atoms with Crippen molar-refractivity contribution in [1.29, 1.82) is 0 Å². The summed E-state index contributed by atoms with van der Waals surface area (Å²) in [5, 5.41) is 0. The second kappa shape index (κ2) is 10.4. The third kappa shape index (κ3) is 9.61. The van der Waals surface area contributed by atoms with Gasteiger partial charge in [0.1, 0.15) is 5.69 Å². The molecule has 0 atom stereocenters. The molecule has 0 aliphatic carbocycles. The SMILES string of the molecule is CC#Cc1cc(CCCCCCCCCC(C)(C)C)ccn1. The first kappa shape index (κ1) is 18.8. The molecule has 0 fully saturated rings. The van der Waals surface area contributed by atoms with Gasteiger partial charge in [-0.1, -0.05) is 65.2 Å². The Labute approximate surface area is 137 Å². The summed E-state index contributed by atoms with van der Waals surface area (Å²) in [6.07, 6.45) is 14.0. The largest absolute Gasteiger partial charge is 0.248 e. The number of pyridine rings is 1. The molecular weight excluding hydrogens is 266 g/mol. The Hall–Kier alpha value is -1.29. The molecule has 1 rings (SSSR count). The van der Waals surface area contributed by atoms with Crippen LogP contribution >= 0.6 is 0 Å². The van der Waals surface area contributed by atoms with Gasteiger partial charge < -0.3 is 0 Å². The molecule has 22 heavy (non-hydrogen) atoms. The van der Waals surface area contributed by atoms with Gasteiger partial charge in [0.25, 0.3) is 0 Å². The van der Waals surface area contributed by atoms with Crippen molar-refractivity contribution < 1.29 is 0 Å². The van der Waals surface area contributed by atoms with Crippen LogP contribution in [0.15, 0.2) is 18.3 Å². The molecule has 0 aliphatic heterocycles. The molecule has 0 unspecified atom stereocenters. The van der Waals surface area contributed by atoms with E-state index >= 15 is 0 Å². The molecule has 1 nitrogen and oxygen atoms in total. The van der Waals surface area contributed by atoms with Crippen molar-refractivity contribution in [2.45, 2.75) is 85.5 Å². The standard InChI is InChI=1S/C21H33N/c1-5-13-20-18-19(15-17-22-20)14-11-9-7-6-8-10-12-16-21(2,3)4/h15,17-18H,6-12,14,16H2,1-4H3. The number of unbranched alkanes of at least 4 members (excludes halogenated alkanes) is 6. The quantitative estimate of drug-likeness (QED) is 0.393. The maximum atomic E-state index is 4.26. The molecule has 0 radical (unpaired) electrons. The van der Waals surface area contributed by atoms with Gasteiger partial charge in [-0.15, -0.1) is 0 Å². The number of aryl methyl sites for hydroxylation is 1. The fourth-order valence-electron chi connectivity index (χ4n) is 2.69. The molecule has 0 aliphatic rings. The van der Waals surface area contributed by atoms with Gasteiger partial charge in [-0.25, -0.2) is 4.98 Å². The molecule has 0 saturated carbocycles. The Balaban J connectivity index is 2.03. The maximum absolute atomic E-state index is 4.26. The molecule has 0 amide bonds. The third-order valence-electron chi connectivity index (χ3n) is 3.97. The fourth-order valence-corrected chi connectivity index (χ4v) is 2.69. The molecule has 1 aromatic rings. The predicted octanol–water partition coefficient (Wildman–Crippen LogP) is 6.16. The summed E-state index contributed by atoms with van der Waals surface area (Å²) >= 11 is 0. The normalized spacial score (nSPS) is 11.1. The van der Waals surface area contributed by atoms with Crippen LogP contribution in [0.3, 0.4) is 0 Å². The molecular formula is C21H33N. The second-order valence-electron chi connectivity index (χ2n) is 7.46. The summed E-state index contributed by atoms with van der Waals surface area (Å²) in [5.74, 6) is 5.94. The van der Waals surface area contributed by atoms with Crippen molar-refractivity contribution in [3.05, 3.63) is 29.6 Å². The smallest absolute Gasteiger partial charge is 0.113 e. The molecule has 0 N–H and O–H groups in total. The van der Waals surface area contributed by atoms with E-state index in [1.807, 2.05) is 13.1 Å². The first-order valence-electron chi connectivity index (χ1n) is 8.89. The lowest BCUT2D eigenvalue weighted by Gasteiger charge is -2.17. The highest BCUT2D eigenvalue weighted by molar-refractivity contribution is 5.30. The van der Waals surface area contributed by atoms with E-state index in [1.165, 1.54) is 56.9 Å². The van der Waals surface area contributed by atoms with E-state index in [0.29, 0.717) is 5.41 Å². The van der Waals surface area contributed by atoms with Crippen LogP contribution in [0.1, 0.15) is 90.3 Å². The minimum atomic E-state index is 0.506. The average Bonchev–Trinajstić information content (AvgIpc) is 2.45. The lowest BCUT2D eigenvalue weighted by Crippen LogP contribution is -2.03. The zero-order valence-corrected chi connectivity index (χ0v) is 15.0. The maximum Gasteiger partial charge on any atom is 0.113 e. The van der Waals surface area contributed by atoms with Gasteiger partial charge in [-0.05, 0) is 55.2 Å². The van der Waals surface area contributed by atoms with Crippen LogP contribution < -0.4 is 0 Å². The van der Waals surface area contributed by atoms with Gasteiger partial charge in [0.05, 0.1) is 0 Å². The molecule has 0 bridgehead atoms. The van der Waals surface area contributed by atoms with Crippen LogP contribution in [0.4, 0.5) is 0 Å². The summed E-state index contributed by atoms with van der Waals surface area (Å²) < 4.78 is 0. The molecule has 0 spiro atoms. The zero-order chi connectivity index (χ0) is 16.3. The monoisotopic (exact) mass is 299 g/mol. The molecule has 1 aromatic heterocycles. The Kier molecular flexibility index (Phi) is 8.90. The van der Waals surface area contributed by atoms with Crippen molar-refractivity contribution in [2.24, 2.45) is 5.41 Å². The summed E-state index contributed by atoms with van der Waals surface area (Å²) in [6.45, 7) is 8.87. The van der Waals surface area contributed by atoms with Gasteiger partial charge in [0, 0.05) is 6.20 Å². The van der Waals surface area contributed by atoms with Gasteiger partial charge in [-0.2, -0.15) is 0 Å². The van der Waals surface area contributed by atoms with E-state index < -0.39 is 0 Å². The summed E-state index contributed by atoms with van der Waals surface area (Å²) in [5.41, 5.74) is 2.78. The van der Waals surface area contributed by atoms with Gasteiger partial charge in [0.2, 0.25) is 0 Å². The summed E-state index contributed by atoms with van der Waals surface area (Å²) in [7, 11) is 0. The molecule has 122 valence electrons. The predicted molar refractivity (Wildman–Crippen MR) is 96.9 cm³/mol. The van der Waals surface area contributed by atoms with Crippen molar-refractivity contribution in [1.82, 2.24) is 4.98 Å². The Morgan fingerprint density at radius 3 is 2.23 bits per heavy atom. The number of hydrogen-bond acceptors (Lipinski definition) is 1. The average molecular weight is 300 g/mol. The van der Waals surface area contributed by atoms with Crippen LogP contribution in [-0.4, -0.2) is 4.98 Å². The van der Waals surface area contributed by atoms with E-state index in [2.05, 4.69) is 49.7 Å². The zero-order valence-electron chi connectivity index (χ0n) is 15.0. The second-order valence-corrected chi connectivity index (χ2v) is 7.46. The Morgan fingerprint density at radius 2 is 1.59 bits per heavy atom. The highest BCUT2D eigenvalue weighted by atomic mass is 14.6. The summed E-state index contributed by atoms with van der Waals surface area (Å²) in [6, 6.07) is 4.25. The first-order chi connectivity index (χ1) is 10.5. The highest BCUT2D eigenvalue weighted by Crippen LogP contribution is 2.22. The van der Waals surface area contributed by atoms with Crippen LogP contribution in [-0.2, 0) is 6.42 Å². The van der Waals surface area contributed by atoms with Gasteiger partial charge in [0.15, 0.2) is 0 Å². The molecule has 1 heterocycles. The molecule has 1 heteroatoms. The van der Waals surface area contributed by atoms with Crippen molar-refractivity contribution in [2.75, 3.05) is 0 Å². The molecule has 0 saturated heterocycles. The topological polar surface area (TPSA) is 12.9 Å². The number of nitrogens with zero attached hydrogens (tertiary/aromatic N) is 1. The van der Waals surface area contributed by atoms with Crippen LogP contribution in [0.5, 0.6) is 0 Å². The molecule has 0 aromatic carbocycles. The first-order valence-corrected chi connectivity index (χ1v) is 8.89. The third-order valence-corrected chi connectivity index (χ3v) is 3.97. The Morgan fingerprint density at radius 1 is 0.955 bits per heavy atom. The van der Waals surface area contributed by atoms with Crippen LogP contribution in [0.2, 0.25) is 0 Å². The van der Waals surface area contributed by atoms with E-state index in [0.717, 1.165) is 12.1 Å². The van der Waals surface area contributed by atoms with Gasteiger partial charge in [-0.3, -0.25) is 0 Å². The highest BCUT2D eigenvalue weighted by Gasteiger charge is 2.08. The van der Waals surface area contributed by atoms with Gasteiger partial charge >= 0.3 is 0 Å². The number of hydrogen-bond donors (Lipinski definition) is 0. The van der Waals surface area contributed by atoms with E-state index in [4.69, 9.17) is 0 Å². The lowest BCUT2D eigenvalue weighted by molar-refractivity contribution is 0.356. The minimum absolute atomic E-state index is 0.506. The Bertz CT molecular complexity index is 471.